The molecule has 0 bridgehead atoms. The van der Waals surface area contributed by atoms with Gasteiger partial charge in [0.15, 0.2) is 11.6 Å². The van der Waals surface area contributed by atoms with Gasteiger partial charge in [-0.2, -0.15) is 0 Å². The van der Waals surface area contributed by atoms with Gasteiger partial charge < -0.3 is 14.1 Å². The monoisotopic (exact) mass is 382 g/mol. The van der Waals surface area contributed by atoms with Crippen LogP contribution in [0.25, 0.3) is 0 Å². The van der Waals surface area contributed by atoms with E-state index in [1.165, 1.54) is 12.8 Å². The molecule has 2 aromatic carbocycles. The fourth-order valence-corrected chi connectivity index (χ4v) is 3.53. The lowest BCUT2D eigenvalue weighted by atomic mass is 10.2. The zero-order valence-corrected chi connectivity index (χ0v) is 16.2. The molecule has 0 spiro atoms. The van der Waals surface area contributed by atoms with E-state index in [0.29, 0.717) is 11.6 Å². The number of halogens is 1. The van der Waals surface area contributed by atoms with Gasteiger partial charge in [0.25, 0.3) is 0 Å². The Morgan fingerprint density at radius 1 is 1.11 bits per heavy atom. The molecule has 0 fully saturated rings. The van der Waals surface area contributed by atoms with E-state index in [4.69, 9.17) is 20.8 Å². The lowest BCUT2D eigenvalue weighted by Gasteiger charge is -2.23. The third kappa shape index (κ3) is 4.11. The van der Waals surface area contributed by atoms with E-state index in [2.05, 4.69) is 22.9 Å². The third-order valence-corrected chi connectivity index (χ3v) is 5.00. The summed E-state index contributed by atoms with van der Waals surface area (Å²) < 4.78 is 11.8. The minimum atomic E-state index is 0.641. The van der Waals surface area contributed by atoms with Gasteiger partial charge in [0.05, 0.1) is 17.9 Å². The summed E-state index contributed by atoms with van der Waals surface area (Å²) in [5.41, 5.74) is 3.03. The lowest BCUT2D eigenvalue weighted by Crippen LogP contribution is -2.21. The predicted molar refractivity (Wildman–Crippen MR) is 108 cm³/mol. The number of ether oxygens (including phenoxy) is 1. The molecule has 1 aliphatic heterocycles. The summed E-state index contributed by atoms with van der Waals surface area (Å²) in [6.45, 7) is 3.56. The van der Waals surface area contributed by atoms with E-state index in [-0.39, 0.29) is 0 Å². The molecule has 0 saturated heterocycles. The van der Waals surface area contributed by atoms with Crippen LogP contribution in [0.5, 0.6) is 11.5 Å². The molecule has 0 saturated carbocycles. The van der Waals surface area contributed by atoms with Crippen molar-refractivity contribution < 1.29 is 9.15 Å². The fraction of sp³-hybridized carbons (Fsp3) is 0.318. The average molecular weight is 383 g/mol. The molecule has 4 rings (SSSR count). The highest BCUT2D eigenvalue weighted by Gasteiger charge is 2.22. The maximum absolute atomic E-state index is 6.27. The van der Waals surface area contributed by atoms with Gasteiger partial charge in [-0.15, -0.1) is 0 Å². The second-order valence-electron chi connectivity index (χ2n) is 6.87. The number of para-hydroxylation sites is 1. The Morgan fingerprint density at radius 2 is 2.00 bits per heavy atom. The highest BCUT2D eigenvalue weighted by Crippen LogP contribution is 2.40. The maximum Gasteiger partial charge on any atom is 0.194 e. The summed E-state index contributed by atoms with van der Waals surface area (Å²) in [4.78, 5) is 6.91. The Kier molecular flexibility index (Phi) is 5.35. The molecule has 140 valence electrons. The minimum absolute atomic E-state index is 0.641. The third-order valence-electron chi connectivity index (χ3n) is 4.76. The summed E-state index contributed by atoms with van der Waals surface area (Å²) in [6, 6.07) is 13.8. The normalized spacial score (nSPS) is 12.9. The van der Waals surface area contributed by atoms with Crippen LogP contribution in [0.4, 0.5) is 5.69 Å². The lowest BCUT2D eigenvalue weighted by molar-refractivity contribution is 0.482. The molecule has 0 N–H and O–H groups in total. The molecule has 0 aliphatic carbocycles. The van der Waals surface area contributed by atoms with Crippen molar-refractivity contribution in [1.29, 1.82) is 0 Å². The molecule has 2 heterocycles. The molecule has 1 aliphatic rings. The van der Waals surface area contributed by atoms with Crippen molar-refractivity contribution in [1.82, 2.24) is 4.98 Å². The van der Waals surface area contributed by atoms with Gasteiger partial charge in [0.1, 0.15) is 12.0 Å². The summed E-state index contributed by atoms with van der Waals surface area (Å²) >= 11 is 6.27. The largest absolute Gasteiger partial charge is 0.455 e. The van der Waals surface area contributed by atoms with Crippen molar-refractivity contribution in [3.63, 3.8) is 0 Å². The second-order valence-corrected chi connectivity index (χ2v) is 7.30. The number of anilines is 1. The van der Waals surface area contributed by atoms with E-state index >= 15 is 0 Å². The zero-order chi connectivity index (χ0) is 18.6. The molecular formula is C22H23ClN2O2. The number of fused-ring (bicyclic) bond motifs is 2. The van der Waals surface area contributed by atoms with E-state index < -0.39 is 0 Å². The Labute approximate surface area is 164 Å². The van der Waals surface area contributed by atoms with Crippen LogP contribution in [0.3, 0.4) is 0 Å². The molecule has 1 aromatic heterocycles. The SMILES string of the molecule is CCCCCc1nc(CN2Cc3ccccc3Oc3ccc(Cl)cc32)co1. The van der Waals surface area contributed by atoms with Crippen molar-refractivity contribution in [3.8, 4) is 11.5 Å². The van der Waals surface area contributed by atoms with Crippen LogP contribution >= 0.6 is 11.6 Å². The van der Waals surface area contributed by atoms with Crippen LogP contribution in [0.1, 0.15) is 43.3 Å². The van der Waals surface area contributed by atoms with E-state index in [1.807, 2.05) is 36.4 Å². The Hall–Kier alpha value is -2.46. The second kappa shape index (κ2) is 8.05. The van der Waals surface area contributed by atoms with Gasteiger partial charge >= 0.3 is 0 Å². The maximum atomic E-state index is 6.27. The summed E-state index contributed by atoms with van der Waals surface area (Å²) in [5.74, 6) is 2.50. The highest BCUT2D eigenvalue weighted by molar-refractivity contribution is 6.31. The molecule has 4 nitrogen and oxygen atoms in total. The van der Waals surface area contributed by atoms with Gasteiger partial charge in [-0.05, 0) is 30.7 Å². The van der Waals surface area contributed by atoms with Crippen molar-refractivity contribution >= 4 is 17.3 Å². The van der Waals surface area contributed by atoms with Crippen LogP contribution in [0.15, 0.2) is 53.1 Å². The number of unbranched alkanes of at least 4 members (excludes halogenated alkanes) is 2. The summed E-state index contributed by atoms with van der Waals surface area (Å²) in [7, 11) is 0. The fourth-order valence-electron chi connectivity index (χ4n) is 3.37. The van der Waals surface area contributed by atoms with Crippen molar-refractivity contribution in [2.24, 2.45) is 0 Å². The smallest absolute Gasteiger partial charge is 0.194 e. The first-order valence-corrected chi connectivity index (χ1v) is 9.84. The van der Waals surface area contributed by atoms with Gasteiger partial charge in [-0.1, -0.05) is 49.6 Å². The quantitative estimate of drug-likeness (QED) is 0.464. The molecule has 0 unspecified atom stereocenters. The Morgan fingerprint density at radius 3 is 2.89 bits per heavy atom. The number of aromatic nitrogens is 1. The van der Waals surface area contributed by atoms with Gasteiger partial charge in [-0.3, -0.25) is 0 Å². The van der Waals surface area contributed by atoms with Crippen LogP contribution in [-0.2, 0) is 19.5 Å². The van der Waals surface area contributed by atoms with Gasteiger partial charge in [0.2, 0.25) is 0 Å². The number of nitrogens with zero attached hydrogens (tertiary/aromatic N) is 2. The first-order valence-electron chi connectivity index (χ1n) is 9.46. The van der Waals surface area contributed by atoms with E-state index in [9.17, 15) is 0 Å². The molecule has 0 atom stereocenters. The van der Waals surface area contributed by atoms with Crippen LogP contribution in [-0.4, -0.2) is 4.98 Å². The number of hydrogen-bond donors (Lipinski definition) is 0. The molecule has 3 aromatic rings. The molecular weight excluding hydrogens is 360 g/mol. The van der Waals surface area contributed by atoms with Gasteiger partial charge in [-0.25, -0.2) is 4.98 Å². The predicted octanol–water partition coefficient (Wildman–Crippen LogP) is 6.37. The first kappa shape index (κ1) is 17.9. The van der Waals surface area contributed by atoms with Crippen LogP contribution in [0, 0.1) is 0 Å². The minimum Gasteiger partial charge on any atom is -0.455 e. The van der Waals surface area contributed by atoms with Crippen molar-refractivity contribution in [2.45, 2.75) is 45.7 Å². The molecule has 0 radical (unpaired) electrons. The van der Waals surface area contributed by atoms with Crippen LogP contribution < -0.4 is 9.64 Å². The molecule has 0 amide bonds. The number of rotatable bonds is 6. The zero-order valence-electron chi connectivity index (χ0n) is 15.5. The number of hydrogen-bond acceptors (Lipinski definition) is 4. The number of oxazole rings is 1. The summed E-state index contributed by atoms with van der Waals surface area (Å²) in [6.07, 6.45) is 6.16. The first-order chi connectivity index (χ1) is 13.2. The Bertz CT molecular complexity index is 922. The number of benzene rings is 2. The van der Waals surface area contributed by atoms with Gasteiger partial charge in [0, 0.05) is 23.6 Å². The van der Waals surface area contributed by atoms with Crippen LogP contribution in [0.2, 0.25) is 5.02 Å². The van der Waals surface area contributed by atoms with Crippen molar-refractivity contribution in [3.05, 3.63) is 70.9 Å². The highest BCUT2D eigenvalue weighted by atomic mass is 35.5. The standard InChI is InChI=1S/C22H23ClN2O2/c1-2-3-4-9-22-24-18(15-26-22)14-25-13-16-7-5-6-8-20(16)27-21-11-10-17(23)12-19(21)25/h5-8,10-12,15H,2-4,9,13-14H2,1H3. The number of aryl methyl sites for hydroxylation is 1. The molecule has 5 heteroatoms. The average Bonchev–Trinajstić information content (AvgIpc) is 3.05. The van der Waals surface area contributed by atoms with E-state index in [1.54, 1.807) is 6.26 Å². The molecule has 27 heavy (non-hydrogen) atoms. The topological polar surface area (TPSA) is 38.5 Å². The summed E-state index contributed by atoms with van der Waals surface area (Å²) in [5, 5.41) is 0.689. The van der Waals surface area contributed by atoms with Crippen molar-refractivity contribution in [2.75, 3.05) is 4.90 Å². The Balaban J connectivity index is 1.60. The van der Waals surface area contributed by atoms with E-state index in [0.717, 1.165) is 53.7 Å².